The zero-order valence-corrected chi connectivity index (χ0v) is 18.1. The Kier molecular flexibility index (Phi) is 6.71. The lowest BCUT2D eigenvalue weighted by atomic mass is 9.88. The van der Waals surface area contributed by atoms with Gasteiger partial charge in [-0.3, -0.25) is 14.6 Å². The minimum Gasteiger partial charge on any atom is -0.370 e. The van der Waals surface area contributed by atoms with Crippen LogP contribution in [0.25, 0.3) is 0 Å². The number of rotatable bonds is 6. The number of nitrogens with one attached hydrogen (secondary N) is 1. The predicted octanol–water partition coefficient (Wildman–Crippen LogP) is 3.38. The summed E-state index contributed by atoms with van der Waals surface area (Å²) in [5.41, 5.74) is 1.56. The molecule has 5 nitrogen and oxygen atoms in total. The van der Waals surface area contributed by atoms with E-state index in [0.717, 1.165) is 51.9 Å². The number of thiophene rings is 1. The Morgan fingerprint density at radius 3 is 2.64 bits per heavy atom. The summed E-state index contributed by atoms with van der Waals surface area (Å²) in [6, 6.07) is 2.43. The van der Waals surface area contributed by atoms with Crippen molar-refractivity contribution in [2.75, 3.05) is 32.7 Å². The average molecular weight is 406 g/mol. The number of hydrogen-bond acceptors (Lipinski definition) is 5. The maximum absolute atomic E-state index is 11.1. The van der Waals surface area contributed by atoms with E-state index in [0.29, 0.717) is 6.54 Å². The van der Waals surface area contributed by atoms with Crippen LogP contribution in [-0.4, -0.2) is 60.1 Å². The molecule has 3 saturated heterocycles. The van der Waals surface area contributed by atoms with Crippen molar-refractivity contribution < 1.29 is 9.53 Å². The van der Waals surface area contributed by atoms with Gasteiger partial charge < -0.3 is 10.1 Å². The van der Waals surface area contributed by atoms with Crippen LogP contribution in [0.5, 0.6) is 0 Å². The fraction of sp³-hybridized carbons (Fsp3) is 0.773. The number of carbonyl (C=O) groups excluding carboxylic acids is 1. The normalized spacial score (nSPS) is 26.0. The Labute approximate surface area is 173 Å². The van der Waals surface area contributed by atoms with Gasteiger partial charge in [0.25, 0.3) is 0 Å². The van der Waals surface area contributed by atoms with Crippen LogP contribution in [-0.2, 0) is 22.6 Å². The van der Waals surface area contributed by atoms with Crippen molar-refractivity contribution in [1.82, 2.24) is 15.1 Å². The zero-order chi connectivity index (χ0) is 19.4. The van der Waals surface area contributed by atoms with Gasteiger partial charge in [0.05, 0.1) is 11.7 Å². The number of hydrogen-bond donors (Lipinski definition) is 1. The van der Waals surface area contributed by atoms with E-state index in [9.17, 15) is 4.79 Å². The van der Waals surface area contributed by atoms with Crippen molar-refractivity contribution in [3.05, 3.63) is 21.9 Å². The highest BCUT2D eigenvalue weighted by molar-refractivity contribution is 7.10. The molecule has 0 bridgehead atoms. The monoisotopic (exact) mass is 405 g/mol. The molecule has 4 heterocycles. The van der Waals surface area contributed by atoms with Crippen molar-refractivity contribution >= 4 is 17.2 Å². The second-order valence-corrected chi connectivity index (χ2v) is 9.93. The highest BCUT2D eigenvalue weighted by atomic mass is 32.1. The minimum absolute atomic E-state index is 0.0370. The number of piperidine rings is 2. The van der Waals surface area contributed by atoms with E-state index >= 15 is 0 Å². The molecule has 0 saturated carbocycles. The summed E-state index contributed by atoms with van der Waals surface area (Å²) in [7, 11) is 0. The Balaban J connectivity index is 1.21. The average Bonchev–Trinajstić information content (AvgIpc) is 3.30. The third-order valence-corrected chi connectivity index (χ3v) is 7.60. The first kappa shape index (κ1) is 20.3. The van der Waals surface area contributed by atoms with E-state index < -0.39 is 0 Å². The minimum atomic E-state index is 0.0370. The molecule has 1 unspecified atom stereocenters. The first-order chi connectivity index (χ1) is 13.6. The molecule has 6 heteroatoms. The van der Waals surface area contributed by atoms with Crippen molar-refractivity contribution in [3.63, 3.8) is 0 Å². The van der Waals surface area contributed by atoms with E-state index in [1.54, 1.807) is 6.92 Å². The van der Waals surface area contributed by atoms with E-state index in [1.165, 1.54) is 42.8 Å². The molecule has 1 amide bonds. The molecule has 3 fully saturated rings. The van der Waals surface area contributed by atoms with Crippen molar-refractivity contribution in [1.29, 1.82) is 0 Å². The third kappa shape index (κ3) is 5.35. The van der Waals surface area contributed by atoms with Crippen LogP contribution in [0, 0.1) is 0 Å². The molecule has 1 spiro atoms. The Hall–Kier alpha value is -0.950. The molecule has 156 valence electrons. The lowest BCUT2D eigenvalue weighted by molar-refractivity contribution is -0.120. The lowest BCUT2D eigenvalue weighted by Gasteiger charge is -2.39. The Morgan fingerprint density at radius 1 is 1.14 bits per heavy atom. The van der Waals surface area contributed by atoms with Crippen LogP contribution in [0.3, 0.4) is 0 Å². The molecule has 1 aromatic heterocycles. The van der Waals surface area contributed by atoms with Gasteiger partial charge in [0, 0.05) is 44.5 Å². The summed E-state index contributed by atoms with van der Waals surface area (Å²) in [6.45, 7) is 9.21. The van der Waals surface area contributed by atoms with Crippen molar-refractivity contribution in [3.8, 4) is 0 Å². The SMILES string of the molecule is CC(=O)NCC1CCC2(CCN(Cc3cc(CN4CCCCC4)cs3)CC2)O1. The molecule has 3 aliphatic rings. The topological polar surface area (TPSA) is 44.8 Å². The summed E-state index contributed by atoms with van der Waals surface area (Å²) in [5, 5.41) is 5.27. The van der Waals surface area contributed by atoms with Crippen molar-refractivity contribution in [2.24, 2.45) is 0 Å². The molecule has 28 heavy (non-hydrogen) atoms. The van der Waals surface area contributed by atoms with Gasteiger partial charge in [0.1, 0.15) is 0 Å². The van der Waals surface area contributed by atoms with Gasteiger partial charge in [-0.2, -0.15) is 0 Å². The summed E-state index contributed by atoms with van der Waals surface area (Å²) < 4.78 is 6.38. The van der Waals surface area contributed by atoms with Gasteiger partial charge in [-0.1, -0.05) is 6.42 Å². The van der Waals surface area contributed by atoms with Crippen LogP contribution in [0.1, 0.15) is 62.3 Å². The highest BCUT2D eigenvalue weighted by Gasteiger charge is 2.42. The quantitative estimate of drug-likeness (QED) is 0.788. The summed E-state index contributed by atoms with van der Waals surface area (Å²) in [5.74, 6) is 0.0370. The van der Waals surface area contributed by atoms with Gasteiger partial charge >= 0.3 is 0 Å². The molecule has 3 aliphatic heterocycles. The maximum Gasteiger partial charge on any atom is 0.216 e. The second-order valence-electron chi connectivity index (χ2n) is 8.93. The zero-order valence-electron chi connectivity index (χ0n) is 17.3. The summed E-state index contributed by atoms with van der Waals surface area (Å²) in [6.07, 6.45) is 8.78. The molecule has 1 aromatic rings. The molecule has 4 rings (SSSR count). The largest absolute Gasteiger partial charge is 0.370 e. The first-order valence-electron chi connectivity index (χ1n) is 11.0. The molecular weight excluding hydrogens is 370 g/mol. The van der Waals surface area contributed by atoms with Crippen LogP contribution in [0.4, 0.5) is 0 Å². The molecule has 0 radical (unpaired) electrons. The first-order valence-corrected chi connectivity index (χ1v) is 11.9. The van der Waals surface area contributed by atoms with E-state index in [-0.39, 0.29) is 17.6 Å². The number of carbonyl (C=O) groups is 1. The van der Waals surface area contributed by atoms with Crippen LogP contribution in [0.15, 0.2) is 11.4 Å². The Bertz CT molecular complexity index is 648. The Morgan fingerprint density at radius 2 is 1.89 bits per heavy atom. The van der Waals surface area contributed by atoms with Crippen LogP contribution >= 0.6 is 11.3 Å². The smallest absolute Gasteiger partial charge is 0.216 e. The number of likely N-dealkylation sites (tertiary alicyclic amines) is 2. The molecule has 0 aromatic carbocycles. The number of nitrogens with zero attached hydrogens (tertiary/aromatic N) is 2. The fourth-order valence-corrected chi connectivity index (χ4v) is 5.89. The van der Waals surface area contributed by atoms with Gasteiger partial charge in [0.15, 0.2) is 0 Å². The fourth-order valence-electron chi connectivity index (χ4n) is 4.97. The molecular formula is C22H35N3O2S. The standard InChI is InChI=1S/C22H35N3O2S/c1-18(26)23-14-20-5-6-22(27-20)7-11-25(12-8-22)16-21-13-19(17-28-21)15-24-9-3-2-4-10-24/h13,17,20H,2-12,14-16H2,1H3,(H,23,26). The molecule has 1 N–H and O–H groups in total. The lowest BCUT2D eigenvalue weighted by Crippen LogP contribution is -2.44. The summed E-state index contributed by atoms with van der Waals surface area (Å²) in [4.78, 5) is 17.8. The van der Waals surface area contributed by atoms with E-state index in [1.807, 2.05) is 11.3 Å². The van der Waals surface area contributed by atoms with Gasteiger partial charge in [0.2, 0.25) is 5.91 Å². The maximum atomic E-state index is 11.1. The van der Waals surface area contributed by atoms with E-state index in [2.05, 4.69) is 26.6 Å². The number of ether oxygens (including phenoxy) is 1. The van der Waals surface area contributed by atoms with E-state index in [4.69, 9.17) is 4.74 Å². The summed E-state index contributed by atoms with van der Waals surface area (Å²) >= 11 is 1.93. The predicted molar refractivity (Wildman–Crippen MR) is 113 cm³/mol. The van der Waals surface area contributed by atoms with Gasteiger partial charge in [-0.25, -0.2) is 0 Å². The van der Waals surface area contributed by atoms with Gasteiger partial charge in [-0.05, 0) is 68.6 Å². The molecule has 1 atom stereocenters. The molecule has 0 aliphatic carbocycles. The third-order valence-electron chi connectivity index (χ3n) is 6.63. The van der Waals surface area contributed by atoms with Crippen LogP contribution in [0.2, 0.25) is 0 Å². The highest BCUT2D eigenvalue weighted by Crippen LogP contribution is 2.39. The van der Waals surface area contributed by atoms with Gasteiger partial charge in [-0.15, -0.1) is 11.3 Å². The number of amides is 1. The van der Waals surface area contributed by atoms with Crippen LogP contribution < -0.4 is 5.32 Å². The second kappa shape index (κ2) is 9.24. The van der Waals surface area contributed by atoms with Crippen molar-refractivity contribution in [2.45, 2.75) is 76.7 Å².